The molecule has 3 aromatic rings. The number of nitrogens with one attached hydrogen (secondary N) is 3. The van der Waals surface area contributed by atoms with Crippen LogP contribution >= 0.6 is 11.3 Å². The fourth-order valence-corrected chi connectivity index (χ4v) is 5.14. The quantitative estimate of drug-likeness (QED) is 0.272. The van der Waals surface area contributed by atoms with E-state index in [1.54, 1.807) is 30.6 Å². The molecule has 1 saturated heterocycles. The van der Waals surface area contributed by atoms with Gasteiger partial charge in [-0.3, -0.25) is 14.6 Å². The number of carbonyl (C=O) groups excluding carboxylic acids is 2. The number of anilines is 1. The number of aromatic nitrogens is 1. The highest BCUT2D eigenvalue weighted by molar-refractivity contribution is 7.12. The fourth-order valence-electron chi connectivity index (χ4n) is 4.33. The van der Waals surface area contributed by atoms with E-state index in [4.69, 9.17) is 11.1 Å². The summed E-state index contributed by atoms with van der Waals surface area (Å²) in [5.74, 6) is -0.268. The molecule has 3 heterocycles. The smallest absolute Gasteiger partial charge is 0.261 e. The summed E-state index contributed by atoms with van der Waals surface area (Å²) in [5.41, 5.74) is 9.97. The highest BCUT2D eigenvalue weighted by atomic mass is 32.1. The SMILES string of the molecule is CCC(NC(=O)c1ccc(N)c(C=N)c1)c1cncc(-c2csc(C(=O)NC3CCN(C)CC3)c2)c1. The van der Waals surface area contributed by atoms with Gasteiger partial charge in [-0.1, -0.05) is 6.92 Å². The molecule has 8 nitrogen and oxygen atoms in total. The Labute approximate surface area is 215 Å². The van der Waals surface area contributed by atoms with E-state index < -0.39 is 0 Å². The minimum absolute atomic E-state index is 0.0311. The number of carbonyl (C=O) groups is 2. The van der Waals surface area contributed by atoms with Crippen molar-refractivity contribution in [3.05, 3.63) is 69.7 Å². The van der Waals surface area contributed by atoms with Gasteiger partial charge < -0.3 is 26.7 Å². The first-order valence-corrected chi connectivity index (χ1v) is 13.0. The molecular formula is C27H32N6O2S. The fraction of sp³-hybridized carbons (Fsp3) is 0.333. The number of likely N-dealkylation sites (tertiary alicyclic amines) is 1. The largest absolute Gasteiger partial charge is 0.398 e. The molecule has 2 aromatic heterocycles. The molecule has 2 amide bonds. The molecule has 0 saturated carbocycles. The van der Waals surface area contributed by atoms with Crippen LogP contribution in [0.3, 0.4) is 0 Å². The highest BCUT2D eigenvalue weighted by Crippen LogP contribution is 2.28. The van der Waals surface area contributed by atoms with Crippen LogP contribution in [-0.2, 0) is 0 Å². The average Bonchev–Trinajstić information content (AvgIpc) is 3.39. The molecule has 5 N–H and O–H groups in total. The molecule has 36 heavy (non-hydrogen) atoms. The lowest BCUT2D eigenvalue weighted by molar-refractivity contribution is 0.0917. The van der Waals surface area contributed by atoms with Crippen LogP contribution < -0.4 is 16.4 Å². The van der Waals surface area contributed by atoms with E-state index >= 15 is 0 Å². The number of rotatable bonds is 8. The Kier molecular flexibility index (Phi) is 8.12. The lowest BCUT2D eigenvalue weighted by atomic mass is 10.0. The number of pyridine rings is 1. The van der Waals surface area contributed by atoms with Crippen LogP contribution in [0.1, 0.15) is 63.4 Å². The number of benzene rings is 1. The maximum Gasteiger partial charge on any atom is 0.261 e. The Balaban J connectivity index is 1.45. The molecule has 0 spiro atoms. The molecule has 1 unspecified atom stereocenters. The third-order valence-corrected chi connectivity index (χ3v) is 7.52. The Morgan fingerprint density at radius 1 is 1.19 bits per heavy atom. The number of hydrogen-bond donors (Lipinski definition) is 4. The zero-order chi connectivity index (χ0) is 25.7. The van der Waals surface area contributed by atoms with Crippen molar-refractivity contribution in [3.8, 4) is 11.1 Å². The zero-order valence-electron chi connectivity index (χ0n) is 20.6. The van der Waals surface area contributed by atoms with Crippen LogP contribution in [0.5, 0.6) is 0 Å². The first-order chi connectivity index (χ1) is 17.4. The molecule has 1 aromatic carbocycles. The van der Waals surface area contributed by atoms with Crippen LogP contribution in [0.4, 0.5) is 5.69 Å². The number of thiophene rings is 1. The topological polar surface area (TPSA) is 124 Å². The highest BCUT2D eigenvalue weighted by Gasteiger charge is 2.21. The van der Waals surface area contributed by atoms with Gasteiger partial charge in [-0.25, -0.2) is 0 Å². The molecule has 1 aliphatic heterocycles. The second kappa shape index (κ2) is 11.5. The molecule has 1 aliphatic rings. The van der Waals surface area contributed by atoms with E-state index in [9.17, 15) is 9.59 Å². The van der Waals surface area contributed by atoms with Gasteiger partial charge >= 0.3 is 0 Å². The molecule has 0 aliphatic carbocycles. The van der Waals surface area contributed by atoms with Crippen LogP contribution in [0.15, 0.2) is 48.1 Å². The maximum atomic E-state index is 12.9. The number of nitrogen functional groups attached to an aromatic ring is 1. The average molecular weight is 505 g/mol. The van der Waals surface area contributed by atoms with Crippen molar-refractivity contribution in [2.45, 2.75) is 38.3 Å². The summed E-state index contributed by atoms with van der Waals surface area (Å²) in [4.78, 5) is 33.0. The van der Waals surface area contributed by atoms with Crippen LogP contribution in [-0.4, -0.2) is 54.1 Å². The molecule has 9 heteroatoms. The molecule has 0 bridgehead atoms. The molecule has 1 atom stereocenters. The van der Waals surface area contributed by atoms with E-state index in [2.05, 4.69) is 27.6 Å². The summed E-state index contributed by atoms with van der Waals surface area (Å²) in [6.45, 7) is 3.99. The molecule has 0 radical (unpaired) electrons. The third kappa shape index (κ3) is 5.98. The Morgan fingerprint density at radius 2 is 1.97 bits per heavy atom. The lowest BCUT2D eigenvalue weighted by Crippen LogP contribution is -2.43. The summed E-state index contributed by atoms with van der Waals surface area (Å²) >= 11 is 1.43. The van der Waals surface area contributed by atoms with E-state index in [1.807, 2.05) is 24.4 Å². The Hall–Kier alpha value is -3.56. The van der Waals surface area contributed by atoms with Gasteiger partial charge in [0.25, 0.3) is 11.8 Å². The van der Waals surface area contributed by atoms with Crippen molar-refractivity contribution < 1.29 is 9.59 Å². The number of piperidine rings is 1. The summed E-state index contributed by atoms with van der Waals surface area (Å²) in [5, 5.41) is 15.7. The van der Waals surface area contributed by atoms with Crippen molar-refractivity contribution in [1.82, 2.24) is 20.5 Å². The van der Waals surface area contributed by atoms with E-state index in [1.165, 1.54) is 11.3 Å². The van der Waals surface area contributed by atoms with E-state index in [0.29, 0.717) is 28.1 Å². The van der Waals surface area contributed by atoms with Crippen molar-refractivity contribution >= 4 is 35.1 Å². The van der Waals surface area contributed by atoms with Gasteiger partial charge in [0.05, 0.1) is 10.9 Å². The predicted molar refractivity (Wildman–Crippen MR) is 145 cm³/mol. The van der Waals surface area contributed by atoms with Gasteiger partial charge in [0.2, 0.25) is 0 Å². The normalized spacial score (nSPS) is 15.3. The minimum Gasteiger partial charge on any atom is -0.398 e. The molecular weight excluding hydrogens is 472 g/mol. The lowest BCUT2D eigenvalue weighted by Gasteiger charge is -2.29. The minimum atomic E-state index is -0.239. The number of nitrogens with zero attached hydrogens (tertiary/aromatic N) is 2. The van der Waals surface area contributed by atoms with Crippen molar-refractivity contribution in [1.29, 1.82) is 5.41 Å². The number of nitrogens with two attached hydrogens (primary N) is 1. The maximum absolute atomic E-state index is 12.9. The van der Waals surface area contributed by atoms with Gasteiger partial charge in [-0.05, 0) is 86.2 Å². The van der Waals surface area contributed by atoms with Crippen LogP contribution in [0.2, 0.25) is 0 Å². The Morgan fingerprint density at radius 3 is 2.69 bits per heavy atom. The first-order valence-electron chi connectivity index (χ1n) is 12.1. The van der Waals surface area contributed by atoms with Crippen LogP contribution in [0.25, 0.3) is 11.1 Å². The first kappa shape index (κ1) is 25.5. The zero-order valence-corrected chi connectivity index (χ0v) is 21.4. The summed E-state index contributed by atoms with van der Waals surface area (Å²) in [6.07, 6.45) is 7.28. The van der Waals surface area contributed by atoms with Crippen LogP contribution in [0, 0.1) is 5.41 Å². The van der Waals surface area contributed by atoms with Crippen molar-refractivity contribution in [3.63, 3.8) is 0 Å². The number of amides is 2. The van der Waals surface area contributed by atoms with Gasteiger partial charge in [0.1, 0.15) is 0 Å². The van der Waals surface area contributed by atoms with E-state index in [-0.39, 0.29) is 23.9 Å². The van der Waals surface area contributed by atoms with Gasteiger partial charge in [-0.15, -0.1) is 11.3 Å². The monoisotopic (exact) mass is 504 g/mol. The molecule has 1 fully saturated rings. The molecule has 4 rings (SSSR count). The van der Waals surface area contributed by atoms with Crippen molar-refractivity contribution in [2.24, 2.45) is 0 Å². The second-order valence-electron chi connectivity index (χ2n) is 9.18. The third-order valence-electron chi connectivity index (χ3n) is 6.59. The van der Waals surface area contributed by atoms with E-state index in [0.717, 1.165) is 48.8 Å². The van der Waals surface area contributed by atoms with Gasteiger partial charge in [-0.2, -0.15) is 0 Å². The summed E-state index contributed by atoms with van der Waals surface area (Å²) < 4.78 is 0. The Bertz CT molecular complexity index is 1250. The summed E-state index contributed by atoms with van der Waals surface area (Å²) in [6, 6.07) is 8.79. The van der Waals surface area contributed by atoms with Crippen molar-refractivity contribution in [2.75, 3.05) is 25.9 Å². The predicted octanol–water partition coefficient (Wildman–Crippen LogP) is 4.10. The second-order valence-corrected chi connectivity index (χ2v) is 10.1. The molecule has 188 valence electrons. The number of hydrogen-bond acceptors (Lipinski definition) is 7. The van der Waals surface area contributed by atoms with Gasteiger partial charge in [0, 0.05) is 47.0 Å². The van der Waals surface area contributed by atoms with Gasteiger partial charge in [0.15, 0.2) is 0 Å². The standard InChI is InChI=1S/C27H32N6O2S/c1-3-24(32-26(34)17-4-5-23(29)18(10-17)13-28)20-11-19(14-30-15-20)21-12-25(36-16-21)27(35)31-22-6-8-33(2)9-7-22/h4-5,10-16,22,24,28H,3,6-9,29H2,1-2H3,(H,31,35)(H,32,34). The summed E-state index contributed by atoms with van der Waals surface area (Å²) in [7, 11) is 2.10.